The van der Waals surface area contributed by atoms with Crippen LogP contribution in [0.4, 0.5) is 0 Å². The van der Waals surface area contributed by atoms with Crippen LogP contribution in [0.25, 0.3) is 11.1 Å². The molecule has 0 aliphatic rings. The molecule has 2 aromatic rings. The number of hydrogen-bond donors (Lipinski definition) is 2. The summed E-state index contributed by atoms with van der Waals surface area (Å²) in [5.41, 5.74) is 2.91. The number of aromatic nitrogens is 1. The van der Waals surface area contributed by atoms with Crippen LogP contribution in [0.1, 0.15) is 25.3 Å². The smallest absolute Gasteiger partial charge is 0.192 e. The lowest BCUT2D eigenvalue weighted by Gasteiger charge is -2.18. The zero-order valence-electron chi connectivity index (χ0n) is 11.8. The Bertz CT molecular complexity index is 534. The predicted molar refractivity (Wildman–Crippen MR) is 75.9 cm³/mol. The van der Waals surface area contributed by atoms with E-state index in [4.69, 9.17) is 4.42 Å². The van der Waals surface area contributed by atoms with Crippen LogP contribution >= 0.6 is 0 Å². The summed E-state index contributed by atoms with van der Waals surface area (Å²) in [5.74, 6) is 1.48. The van der Waals surface area contributed by atoms with Crippen LogP contribution in [-0.4, -0.2) is 23.2 Å². The van der Waals surface area contributed by atoms with Gasteiger partial charge in [-0.25, -0.2) is 4.98 Å². The molecule has 4 nitrogen and oxygen atoms in total. The maximum atomic E-state index is 9.28. The van der Waals surface area contributed by atoms with Crippen molar-refractivity contribution in [2.75, 3.05) is 13.2 Å². The summed E-state index contributed by atoms with van der Waals surface area (Å²) in [4.78, 5) is 4.33. The molecule has 1 atom stereocenters. The van der Waals surface area contributed by atoms with E-state index in [1.54, 1.807) is 0 Å². The SMILES string of the molecule is Cc1nc2cc(CNCC(CO)C(C)C)ccc2o1. The first-order chi connectivity index (χ1) is 9.10. The maximum absolute atomic E-state index is 9.28. The highest BCUT2D eigenvalue weighted by molar-refractivity contribution is 5.73. The molecule has 0 aliphatic carbocycles. The van der Waals surface area contributed by atoms with Gasteiger partial charge in [0.15, 0.2) is 11.5 Å². The molecule has 0 fully saturated rings. The molecule has 0 aliphatic heterocycles. The van der Waals surface area contributed by atoms with E-state index in [1.165, 1.54) is 5.56 Å². The van der Waals surface area contributed by atoms with Crippen molar-refractivity contribution in [1.29, 1.82) is 0 Å². The van der Waals surface area contributed by atoms with Gasteiger partial charge in [0.25, 0.3) is 0 Å². The van der Waals surface area contributed by atoms with E-state index in [0.717, 1.165) is 24.2 Å². The summed E-state index contributed by atoms with van der Waals surface area (Å²) in [5, 5.41) is 12.7. The normalized spacial score (nSPS) is 13.3. The van der Waals surface area contributed by atoms with Gasteiger partial charge < -0.3 is 14.8 Å². The molecule has 4 heteroatoms. The Hall–Kier alpha value is -1.39. The van der Waals surface area contributed by atoms with Gasteiger partial charge in [-0.05, 0) is 29.5 Å². The number of aliphatic hydroxyl groups is 1. The molecule has 1 heterocycles. The second-order valence-corrected chi connectivity index (χ2v) is 5.35. The van der Waals surface area contributed by atoms with E-state index in [0.29, 0.717) is 17.7 Å². The number of aryl methyl sites for hydroxylation is 1. The summed E-state index contributed by atoms with van der Waals surface area (Å²) in [6.45, 7) is 7.95. The largest absolute Gasteiger partial charge is 0.441 e. The quantitative estimate of drug-likeness (QED) is 0.839. The highest BCUT2D eigenvalue weighted by atomic mass is 16.3. The van der Waals surface area contributed by atoms with Crippen molar-refractivity contribution >= 4 is 11.1 Å². The van der Waals surface area contributed by atoms with Crippen molar-refractivity contribution in [2.45, 2.75) is 27.3 Å². The first-order valence-electron chi connectivity index (χ1n) is 6.77. The van der Waals surface area contributed by atoms with Gasteiger partial charge in [0.05, 0.1) is 0 Å². The molecule has 0 saturated carbocycles. The molecule has 0 saturated heterocycles. The van der Waals surface area contributed by atoms with Gasteiger partial charge in [-0.1, -0.05) is 19.9 Å². The second-order valence-electron chi connectivity index (χ2n) is 5.35. The van der Waals surface area contributed by atoms with Gasteiger partial charge >= 0.3 is 0 Å². The molecule has 19 heavy (non-hydrogen) atoms. The summed E-state index contributed by atoms with van der Waals surface area (Å²) >= 11 is 0. The standard InChI is InChI=1S/C15H22N2O2/c1-10(2)13(9-18)8-16-7-12-4-5-15-14(6-12)17-11(3)19-15/h4-6,10,13,16,18H,7-9H2,1-3H3. The fraction of sp³-hybridized carbons (Fsp3) is 0.533. The highest BCUT2D eigenvalue weighted by Gasteiger charge is 2.11. The maximum Gasteiger partial charge on any atom is 0.192 e. The molecular weight excluding hydrogens is 240 g/mol. The fourth-order valence-electron chi connectivity index (χ4n) is 2.11. The lowest BCUT2D eigenvalue weighted by molar-refractivity contribution is 0.186. The van der Waals surface area contributed by atoms with Crippen LogP contribution in [0, 0.1) is 18.8 Å². The van der Waals surface area contributed by atoms with Gasteiger partial charge in [-0.3, -0.25) is 0 Å². The zero-order chi connectivity index (χ0) is 13.8. The summed E-state index contributed by atoms with van der Waals surface area (Å²) in [7, 11) is 0. The number of fused-ring (bicyclic) bond motifs is 1. The van der Waals surface area contributed by atoms with Gasteiger partial charge in [-0.15, -0.1) is 0 Å². The molecule has 1 unspecified atom stereocenters. The van der Waals surface area contributed by atoms with E-state index in [9.17, 15) is 5.11 Å². The van der Waals surface area contributed by atoms with Gasteiger partial charge in [0.1, 0.15) is 5.52 Å². The van der Waals surface area contributed by atoms with Crippen LogP contribution < -0.4 is 5.32 Å². The molecule has 0 spiro atoms. The van der Waals surface area contributed by atoms with Crippen molar-refractivity contribution in [3.63, 3.8) is 0 Å². The van der Waals surface area contributed by atoms with E-state index < -0.39 is 0 Å². The van der Waals surface area contributed by atoms with Crippen molar-refractivity contribution in [3.05, 3.63) is 29.7 Å². The van der Waals surface area contributed by atoms with Crippen molar-refractivity contribution in [2.24, 2.45) is 11.8 Å². The number of benzene rings is 1. The molecule has 1 aromatic carbocycles. The van der Waals surface area contributed by atoms with E-state index >= 15 is 0 Å². The molecule has 0 radical (unpaired) electrons. The summed E-state index contributed by atoms with van der Waals surface area (Å²) in [6, 6.07) is 6.05. The first kappa shape index (κ1) is 14.0. The molecule has 104 valence electrons. The minimum absolute atomic E-state index is 0.228. The number of oxazole rings is 1. The van der Waals surface area contributed by atoms with E-state index in [2.05, 4.69) is 24.1 Å². The third kappa shape index (κ3) is 3.55. The lowest BCUT2D eigenvalue weighted by atomic mass is 9.97. The summed E-state index contributed by atoms with van der Waals surface area (Å²) in [6.07, 6.45) is 0. The molecule has 2 rings (SSSR count). The number of rotatable bonds is 6. The molecule has 1 aromatic heterocycles. The van der Waals surface area contributed by atoms with Gasteiger partial charge in [-0.2, -0.15) is 0 Å². The van der Waals surface area contributed by atoms with Crippen LogP contribution in [0.2, 0.25) is 0 Å². The van der Waals surface area contributed by atoms with Gasteiger partial charge in [0.2, 0.25) is 0 Å². The lowest BCUT2D eigenvalue weighted by Crippen LogP contribution is -2.28. The van der Waals surface area contributed by atoms with E-state index in [-0.39, 0.29) is 6.61 Å². The van der Waals surface area contributed by atoms with Crippen molar-refractivity contribution in [3.8, 4) is 0 Å². The number of hydrogen-bond acceptors (Lipinski definition) is 4. The average Bonchev–Trinajstić information content (AvgIpc) is 2.73. The Balaban J connectivity index is 1.94. The highest BCUT2D eigenvalue weighted by Crippen LogP contribution is 2.17. The average molecular weight is 262 g/mol. The Morgan fingerprint density at radius 1 is 1.37 bits per heavy atom. The van der Waals surface area contributed by atoms with Crippen LogP contribution in [0.3, 0.4) is 0 Å². The molecular formula is C15H22N2O2. The second kappa shape index (κ2) is 6.17. The molecule has 2 N–H and O–H groups in total. The predicted octanol–water partition coefficient (Wildman–Crippen LogP) is 2.49. The Morgan fingerprint density at radius 2 is 2.16 bits per heavy atom. The number of nitrogens with zero attached hydrogens (tertiary/aromatic N) is 1. The Kier molecular flexibility index (Phi) is 4.56. The third-order valence-corrected chi connectivity index (χ3v) is 3.47. The van der Waals surface area contributed by atoms with Crippen molar-refractivity contribution < 1.29 is 9.52 Å². The molecule has 0 bridgehead atoms. The van der Waals surface area contributed by atoms with Gasteiger partial charge in [0, 0.05) is 26.6 Å². The minimum atomic E-state index is 0.228. The minimum Gasteiger partial charge on any atom is -0.441 e. The van der Waals surface area contributed by atoms with Crippen molar-refractivity contribution in [1.82, 2.24) is 10.3 Å². The Morgan fingerprint density at radius 3 is 2.84 bits per heavy atom. The monoisotopic (exact) mass is 262 g/mol. The topological polar surface area (TPSA) is 58.3 Å². The van der Waals surface area contributed by atoms with Crippen LogP contribution in [-0.2, 0) is 6.54 Å². The van der Waals surface area contributed by atoms with Crippen LogP contribution in [0.5, 0.6) is 0 Å². The van der Waals surface area contributed by atoms with Crippen LogP contribution in [0.15, 0.2) is 22.6 Å². The number of nitrogens with one attached hydrogen (secondary N) is 1. The molecule has 0 amide bonds. The van der Waals surface area contributed by atoms with E-state index in [1.807, 2.05) is 25.1 Å². The fourth-order valence-corrected chi connectivity index (χ4v) is 2.11. The third-order valence-electron chi connectivity index (χ3n) is 3.47. The Labute approximate surface area is 113 Å². The zero-order valence-corrected chi connectivity index (χ0v) is 11.8. The summed E-state index contributed by atoms with van der Waals surface area (Å²) < 4.78 is 5.45. The number of aliphatic hydroxyl groups excluding tert-OH is 1. The first-order valence-corrected chi connectivity index (χ1v) is 6.77.